The summed E-state index contributed by atoms with van der Waals surface area (Å²) < 4.78 is 67.3. The molecule has 1 aliphatic rings. The van der Waals surface area contributed by atoms with Gasteiger partial charge in [-0.15, -0.1) is 0 Å². The largest absolute Gasteiger partial charge is 0.493 e. The van der Waals surface area contributed by atoms with E-state index >= 15 is 8.78 Å². The van der Waals surface area contributed by atoms with E-state index in [0.717, 1.165) is 26.4 Å². The van der Waals surface area contributed by atoms with Crippen LogP contribution in [-0.2, 0) is 11.3 Å². The molecule has 2 N–H and O–H groups in total. The number of ether oxygens (including phenoxy) is 2. The van der Waals surface area contributed by atoms with Crippen molar-refractivity contribution >= 4 is 40.8 Å². The van der Waals surface area contributed by atoms with Crippen molar-refractivity contribution < 1.29 is 36.6 Å². The third-order valence-corrected chi connectivity index (χ3v) is 5.65. The Morgan fingerprint density at radius 1 is 1.15 bits per heavy atom. The third-order valence-electron chi connectivity index (χ3n) is 5.65. The molecule has 0 bridgehead atoms. The van der Waals surface area contributed by atoms with Crippen molar-refractivity contribution in [3.63, 3.8) is 0 Å². The van der Waals surface area contributed by atoms with Gasteiger partial charge in [-0.25, -0.2) is 27.3 Å². The van der Waals surface area contributed by atoms with Crippen molar-refractivity contribution in [3.05, 3.63) is 66.4 Å². The van der Waals surface area contributed by atoms with Crippen molar-refractivity contribution in [2.45, 2.75) is 13.0 Å². The zero-order valence-electron chi connectivity index (χ0n) is 20.7. The number of fused-ring (bicyclic) bond motifs is 1. The summed E-state index contributed by atoms with van der Waals surface area (Å²) in [6.45, 7) is 1.84. The maximum Gasteiger partial charge on any atom is 0.330 e. The van der Waals surface area contributed by atoms with Crippen LogP contribution >= 0.6 is 0 Å². The number of anilines is 5. The molecule has 1 aromatic heterocycles. The number of carbonyl (C=O) groups is 2. The Morgan fingerprint density at radius 2 is 1.79 bits per heavy atom. The van der Waals surface area contributed by atoms with Gasteiger partial charge >= 0.3 is 6.03 Å². The van der Waals surface area contributed by atoms with E-state index in [9.17, 15) is 18.4 Å². The number of para-hydroxylation sites is 2. The Bertz CT molecular complexity index is 1410. The van der Waals surface area contributed by atoms with E-state index in [4.69, 9.17) is 9.47 Å². The van der Waals surface area contributed by atoms with Crippen LogP contribution in [0.4, 0.5) is 51.2 Å². The molecule has 3 aromatic rings. The summed E-state index contributed by atoms with van der Waals surface area (Å²) in [6, 6.07) is 6.34. The number of benzene rings is 2. The number of methoxy groups -OCH3 is 2. The minimum Gasteiger partial charge on any atom is -0.493 e. The van der Waals surface area contributed by atoms with Gasteiger partial charge < -0.3 is 20.1 Å². The van der Waals surface area contributed by atoms with Crippen LogP contribution in [0.1, 0.15) is 5.56 Å². The maximum atomic E-state index is 15.2. The summed E-state index contributed by atoms with van der Waals surface area (Å²) in [7, 11) is 2.28. The lowest BCUT2D eigenvalue weighted by Gasteiger charge is -2.36. The van der Waals surface area contributed by atoms with E-state index in [1.54, 1.807) is 24.3 Å². The standard InChI is InChI=1S/C25H22F4N6O4/c1-4-19(36)31-14-7-5-6-8-15(14)32-24-30-10-13-11-34(25(37)35(12-18(26)27)23(13)33-24)22-20(28)16(38-2)9-17(39-3)21(22)29/h4-10,18H,1,11-12H2,2-3H3,(H,31,36)(H,30,32,33). The number of rotatable bonds is 9. The van der Waals surface area contributed by atoms with Crippen LogP contribution in [0.15, 0.2) is 49.2 Å². The fraction of sp³-hybridized carbons (Fsp3) is 0.200. The molecule has 10 nitrogen and oxygen atoms in total. The highest BCUT2D eigenvalue weighted by molar-refractivity contribution is 6.06. The summed E-state index contributed by atoms with van der Waals surface area (Å²) in [5, 5.41) is 5.47. The predicted molar refractivity (Wildman–Crippen MR) is 135 cm³/mol. The molecule has 0 aliphatic carbocycles. The molecular formula is C25H22F4N6O4. The van der Waals surface area contributed by atoms with Crippen LogP contribution in [0.2, 0.25) is 0 Å². The van der Waals surface area contributed by atoms with E-state index in [0.29, 0.717) is 21.2 Å². The van der Waals surface area contributed by atoms with E-state index in [1.165, 1.54) is 6.20 Å². The first-order valence-corrected chi connectivity index (χ1v) is 11.3. The molecule has 1 aliphatic heterocycles. The number of halogens is 4. The highest BCUT2D eigenvalue weighted by atomic mass is 19.3. The fourth-order valence-electron chi connectivity index (χ4n) is 3.87. The zero-order valence-corrected chi connectivity index (χ0v) is 20.7. The maximum absolute atomic E-state index is 15.2. The zero-order chi connectivity index (χ0) is 28.3. The minimum absolute atomic E-state index is 0.0880. The van der Waals surface area contributed by atoms with E-state index < -0.39 is 60.3 Å². The quantitative estimate of drug-likeness (QED) is 0.292. The van der Waals surface area contributed by atoms with Crippen LogP contribution in [0, 0.1) is 11.6 Å². The van der Waals surface area contributed by atoms with Crippen LogP contribution in [-0.4, -0.2) is 49.1 Å². The number of aromatic nitrogens is 2. The topological polar surface area (TPSA) is 109 Å². The Hall–Kier alpha value is -4.88. The predicted octanol–water partition coefficient (Wildman–Crippen LogP) is 4.85. The summed E-state index contributed by atoms with van der Waals surface area (Å²) in [5.41, 5.74) is 0.0163. The molecular weight excluding hydrogens is 524 g/mol. The first kappa shape index (κ1) is 27.2. The van der Waals surface area contributed by atoms with Gasteiger partial charge in [0.05, 0.1) is 38.7 Å². The Labute approximate surface area is 219 Å². The second kappa shape index (κ2) is 11.2. The molecule has 0 fully saturated rings. The van der Waals surface area contributed by atoms with Crippen molar-refractivity contribution in [2.75, 3.05) is 41.2 Å². The number of carbonyl (C=O) groups excluding carboxylic acids is 2. The lowest BCUT2D eigenvalue weighted by molar-refractivity contribution is -0.111. The average molecular weight is 546 g/mol. The minimum atomic E-state index is -3.00. The Balaban J connectivity index is 1.76. The van der Waals surface area contributed by atoms with Gasteiger partial charge in [-0.05, 0) is 18.2 Å². The van der Waals surface area contributed by atoms with Crippen LogP contribution < -0.4 is 29.9 Å². The SMILES string of the molecule is C=CC(=O)Nc1ccccc1Nc1ncc2c(n1)N(CC(F)F)C(=O)N(c1c(F)c(OC)cc(OC)c1F)C2. The smallest absolute Gasteiger partial charge is 0.330 e. The van der Waals surface area contributed by atoms with E-state index in [2.05, 4.69) is 27.2 Å². The molecule has 0 unspecified atom stereocenters. The van der Waals surface area contributed by atoms with Gasteiger partial charge in [0.2, 0.25) is 11.9 Å². The van der Waals surface area contributed by atoms with Crippen molar-refractivity contribution in [3.8, 4) is 11.5 Å². The van der Waals surface area contributed by atoms with Gasteiger partial charge in [0, 0.05) is 17.8 Å². The van der Waals surface area contributed by atoms with Crippen LogP contribution in [0.5, 0.6) is 11.5 Å². The van der Waals surface area contributed by atoms with Gasteiger partial charge in [0.15, 0.2) is 23.1 Å². The highest BCUT2D eigenvalue weighted by Gasteiger charge is 2.38. The van der Waals surface area contributed by atoms with Gasteiger partial charge in [-0.2, -0.15) is 4.98 Å². The van der Waals surface area contributed by atoms with Gasteiger partial charge in [0.25, 0.3) is 6.43 Å². The lowest BCUT2D eigenvalue weighted by Crippen LogP contribution is -2.50. The number of nitrogens with zero attached hydrogens (tertiary/aromatic N) is 4. The number of urea groups is 1. The number of hydrogen-bond acceptors (Lipinski definition) is 7. The normalized spacial score (nSPS) is 12.7. The molecule has 0 spiro atoms. The highest BCUT2D eigenvalue weighted by Crippen LogP contribution is 2.40. The van der Waals surface area contributed by atoms with Crippen molar-refractivity contribution in [1.82, 2.24) is 9.97 Å². The van der Waals surface area contributed by atoms with Crippen LogP contribution in [0.25, 0.3) is 0 Å². The van der Waals surface area contributed by atoms with Crippen LogP contribution in [0.3, 0.4) is 0 Å². The molecule has 0 saturated carbocycles. The summed E-state index contributed by atoms with van der Waals surface area (Å²) >= 11 is 0. The molecule has 2 heterocycles. The number of nitrogens with one attached hydrogen (secondary N) is 2. The third kappa shape index (κ3) is 5.39. The monoisotopic (exact) mass is 546 g/mol. The summed E-state index contributed by atoms with van der Waals surface area (Å²) in [5.74, 6) is -4.02. The summed E-state index contributed by atoms with van der Waals surface area (Å²) in [4.78, 5) is 34.8. The fourth-order valence-corrected chi connectivity index (χ4v) is 3.87. The molecule has 0 radical (unpaired) electrons. The first-order chi connectivity index (χ1) is 18.7. The second-order valence-electron chi connectivity index (χ2n) is 8.03. The molecule has 3 amide bonds. The second-order valence-corrected chi connectivity index (χ2v) is 8.03. The molecule has 0 saturated heterocycles. The first-order valence-electron chi connectivity index (χ1n) is 11.3. The lowest BCUT2D eigenvalue weighted by atomic mass is 10.1. The molecule has 14 heteroatoms. The number of alkyl halides is 2. The van der Waals surface area contributed by atoms with Gasteiger partial charge in [-0.3, -0.25) is 14.6 Å². The van der Waals surface area contributed by atoms with E-state index in [1.807, 2.05) is 0 Å². The molecule has 204 valence electrons. The Kier molecular flexibility index (Phi) is 7.83. The molecule has 2 aromatic carbocycles. The van der Waals surface area contributed by atoms with Gasteiger partial charge in [-0.1, -0.05) is 18.7 Å². The number of amides is 3. The molecule has 4 rings (SSSR count). The number of hydrogen-bond donors (Lipinski definition) is 2. The Morgan fingerprint density at radius 3 is 2.38 bits per heavy atom. The molecule has 39 heavy (non-hydrogen) atoms. The average Bonchev–Trinajstić information content (AvgIpc) is 2.92. The van der Waals surface area contributed by atoms with E-state index in [-0.39, 0.29) is 17.3 Å². The molecule has 0 atom stereocenters. The van der Waals surface area contributed by atoms with Crippen molar-refractivity contribution in [1.29, 1.82) is 0 Å². The summed E-state index contributed by atoms with van der Waals surface area (Å²) in [6.07, 6.45) is -0.687. The van der Waals surface area contributed by atoms with Crippen molar-refractivity contribution in [2.24, 2.45) is 0 Å². The van der Waals surface area contributed by atoms with Gasteiger partial charge in [0.1, 0.15) is 11.5 Å².